The summed E-state index contributed by atoms with van der Waals surface area (Å²) in [6.45, 7) is 2.75. The van der Waals surface area contributed by atoms with Crippen LogP contribution in [0.3, 0.4) is 0 Å². The Kier molecular flexibility index (Phi) is 7.79. The maximum Gasteiger partial charge on any atom is 0.222 e. The van der Waals surface area contributed by atoms with E-state index in [9.17, 15) is 14.0 Å². The predicted octanol–water partition coefficient (Wildman–Crippen LogP) is 2.93. The number of ether oxygens (including phenoxy) is 1. The van der Waals surface area contributed by atoms with Crippen LogP contribution in [0.5, 0.6) is 5.75 Å². The van der Waals surface area contributed by atoms with Crippen molar-refractivity contribution in [3.63, 3.8) is 0 Å². The molecule has 0 aliphatic carbocycles. The molecule has 2 aromatic carbocycles. The van der Waals surface area contributed by atoms with E-state index in [4.69, 9.17) is 4.74 Å². The van der Waals surface area contributed by atoms with Crippen LogP contribution in [-0.4, -0.2) is 36.9 Å². The van der Waals surface area contributed by atoms with Crippen molar-refractivity contribution >= 4 is 11.8 Å². The number of rotatable bonds is 9. The van der Waals surface area contributed by atoms with E-state index in [0.29, 0.717) is 26.1 Å². The predicted molar refractivity (Wildman–Crippen MR) is 102 cm³/mol. The minimum atomic E-state index is -0.306. The molecule has 0 unspecified atom stereocenters. The molecule has 0 radical (unpaired) electrons. The van der Waals surface area contributed by atoms with Crippen LogP contribution in [-0.2, 0) is 22.6 Å². The summed E-state index contributed by atoms with van der Waals surface area (Å²) in [6, 6.07) is 13.7. The molecular formula is C21H25FN2O3. The Morgan fingerprint density at radius 1 is 1.00 bits per heavy atom. The standard InChI is InChI=1S/C21H25FN2O3/c1-16(25)24(13-11-17-5-9-20(27-2)10-6-17)14-12-21(26)23-15-18-3-7-19(22)8-4-18/h3-10H,11-15H2,1-2H3,(H,23,26). The molecule has 1 N–H and O–H groups in total. The lowest BCUT2D eigenvalue weighted by Gasteiger charge is -2.21. The molecule has 0 saturated heterocycles. The summed E-state index contributed by atoms with van der Waals surface area (Å²) in [6.07, 6.45) is 0.935. The van der Waals surface area contributed by atoms with Gasteiger partial charge in [0.25, 0.3) is 0 Å². The van der Waals surface area contributed by atoms with Crippen molar-refractivity contribution < 1.29 is 18.7 Å². The fraction of sp³-hybridized carbons (Fsp3) is 0.333. The van der Waals surface area contributed by atoms with E-state index in [1.54, 1.807) is 24.1 Å². The van der Waals surface area contributed by atoms with Crippen LogP contribution in [0.1, 0.15) is 24.5 Å². The van der Waals surface area contributed by atoms with Crippen molar-refractivity contribution in [3.05, 3.63) is 65.5 Å². The molecule has 2 amide bonds. The van der Waals surface area contributed by atoms with Gasteiger partial charge in [-0.2, -0.15) is 0 Å². The smallest absolute Gasteiger partial charge is 0.222 e. The largest absolute Gasteiger partial charge is 0.497 e. The van der Waals surface area contributed by atoms with Gasteiger partial charge in [-0.3, -0.25) is 9.59 Å². The average Bonchev–Trinajstić information content (AvgIpc) is 2.67. The molecule has 2 rings (SSSR count). The molecule has 2 aromatic rings. The molecule has 0 aliphatic heterocycles. The van der Waals surface area contributed by atoms with E-state index in [-0.39, 0.29) is 24.1 Å². The first kappa shape index (κ1) is 20.4. The molecule has 0 spiro atoms. The van der Waals surface area contributed by atoms with Crippen molar-refractivity contribution in [2.24, 2.45) is 0 Å². The molecule has 0 fully saturated rings. The molecule has 144 valence electrons. The summed E-state index contributed by atoms with van der Waals surface area (Å²) in [4.78, 5) is 25.5. The minimum absolute atomic E-state index is 0.0603. The molecular weight excluding hydrogens is 347 g/mol. The Morgan fingerprint density at radius 3 is 2.22 bits per heavy atom. The summed E-state index contributed by atoms with van der Waals surface area (Å²) in [5, 5.41) is 2.79. The first-order valence-electron chi connectivity index (χ1n) is 8.87. The minimum Gasteiger partial charge on any atom is -0.497 e. The quantitative estimate of drug-likeness (QED) is 0.736. The Bertz CT molecular complexity index is 745. The zero-order chi connectivity index (χ0) is 19.6. The highest BCUT2D eigenvalue weighted by Crippen LogP contribution is 2.12. The van der Waals surface area contributed by atoms with Crippen LogP contribution in [0.15, 0.2) is 48.5 Å². The Labute approximate surface area is 159 Å². The molecule has 27 heavy (non-hydrogen) atoms. The first-order valence-corrected chi connectivity index (χ1v) is 8.87. The molecule has 0 aliphatic rings. The number of methoxy groups -OCH3 is 1. The third kappa shape index (κ3) is 7.09. The number of hydrogen-bond donors (Lipinski definition) is 1. The number of hydrogen-bond acceptors (Lipinski definition) is 3. The number of nitrogens with zero attached hydrogens (tertiary/aromatic N) is 1. The number of carbonyl (C=O) groups is 2. The molecule has 6 heteroatoms. The van der Waals surface area contributed by atoms with Crippen molar-refractivity contribution in [3.8, 4) is 5.75 Å². The van der Waals surface area contributed by atoms with Gasteiger partial charge in [0.1, 0.15) is 11.6 Å². The van der Waals surface area contributed by atoms with Gasteiger partial charge >= 0.3 is 0 Å². The highest BCUT2D eigenvalue weighted by atomic mass is 19.1. The van der Waals surface area contributed by atoms with Crippen LogP contribution in [0.2, 0.25) is 0 Å². The van der Waals surface area contributed by atoms with Crippen molar-refractivity contribution in [1.82, 2.24) is 10.2 Å². The monoisotopic (exact) mass is 372 g/mol. The summed E-state index contributed by atoms with van der Waals surface area (Å²) >= 11 is 0. The summed E-state index contributed by atoms with van der Waals surface area (Å²) in [5.74, 6) is 0.281. The lowest BCUT2D eigenvalue weighted by molar-refractivity contribution is -0.129. The van der Waals surface area contributed by atoms with E-state index in [1.807, 2.05) is 24.3 Å². The van der Waals surface area contributed by atoms with E-state index in [1.165, 1.54) is 19.1 Å². The van der Waals surface area contributed by atoms with Gasteiger partial charge in [0.15, 0.2) is 0 Å². The number of benzene rings is 2. The van der Waals surface area contributed by atoms with Gasteiger partial charge in [-0.05, 0) is 41.8 Å². The summed E-state index contributed by atoms with van der Waals surface area (Å²) < 4.78 is 18.0. The van der Waals surface area contributed by atoms with E-state index in [0.717, 1.165) is 16.9 Å². The third-order valence-electron chi connectivity index (χ3n) is 4.29. The highest BCUT2D eigenvalue weighted by Gasteiger charge is 2.11. The fourth-order valence-corrected chi connectivity index (χ4v) is 2.61. The average molecular weight is 372 g/mol. The van der Waals surface area contributed by atoms with Gasteiger partial charge in [0, 0.05) is 33.0 Å². The van der Waals surface area contributed by atoms with Crippen molar-refractivity contribution in [2.75, 3.05) is 20.2 Å². The second-order valence-corrected chi connectivity index (χ2v) is 6.26. The Balaban J connectivity index is 1.76. The SMILES string of the molecule is COc1ccc(CCN(CCC(=O)NCc2ccc(F)cc2)C(C)=O)cc1. The second-order valence-electron chi connectivity index (χ2n) is 6.26. The highest BCUT2D eigenvalue weighted by molar-refractivity contribution is 5.78. The maximum atomic E-state index is 12.9. The van der Waals surface area contributed by atoms with E-state index < -0.39 is 0 Å². The van der Waals surface area contributed by atoms with Gasteiger partial charge < -0.3 is 15.0 Å². The first-order chi connectivity index (χ1) is 13.0. The van der Waals surface area contributed by atoms with Crippen molar-refractivity contribution in [1.29, 1.82) is 0 Å². The molecule has 5 nitrogen and oxygen atoms in total. The maximum absolute atomic E-state index is 12.9. The van der Waals surface area contributed by atoms with Crippen LogP contribution in [0.25, 0.3) is 0 Å². The van der Waals surface area contributed by atoms with Crippen LogP contribution < -0.4 is 10.1 Å². The Hall–Kier alpha value is -2.89. The van der Waals surface area contributed by atoms with Gasteiger partial charge in [0.2, 0.25) is 11.8 Å². The van der Waals surface area contributed by atoms with E-state index in [2.05, 4.69) is 5.32 Å². The van der Waals surface area contributed by atoms with Crippen LogP contribution in [0.4, 0.5) is 4.39 Å². The molecule has 0 aromatic heterocycles. The zero-order valence-electron chi connectivity index (χ0n) is 15.7. The van der Waals surface area contributed by atoms with Gasteiger partial charge in [-0.15, -0.1) is 0 Å². The number of halogens is 1. The molecule has 0 saturated carbocycles. The molecule has 0 heterocycles. The molecule has 0 atom stereocenters. The summed E-state index contributed by atoms with van der Waals surface area (Å²) in [7, 11) is 1.62. The summed E-state index contributed by atoms with van der Waals surface area (Å²) in [5.41, 5.74) is 1.93. The lowest BCUT2D eigenvalue weighted by Crippen LogP contribution is -2.35. The third-order valence-corrected chi connectivity index (χ3v) is 4.29. The van der Waals surface area contributed by atoms with Gasteiger partial charge in [0.05, 0.1) is 7.11 Å². The van der Waals surface area contributed by atoms with Gasteiger partial charge in [-0.25, -0.2) is 4.39 Å². The number of carbonyl (C=O) groups excluding carboxylic acids is 2. The molecule has 0 bridgehead atoms. The second kappa shape index (κ2) is 10.3. The fourth-order valence-electron chi connectivity index (χ4n) is 2.61. The Morgan fingerprint density at radius 2 is 1.63 bits per heavy atom. The van der Waals surface area contributed by atoms with E-state index >= 15 is 0 Å². The van der Waals surface area contributed by atoms with Gasteiger partial charge in [-0.1, -0.05) is 24.3 Å². The topological polar surface area (TPSA) is 58.6 Å². The van der Waals surface area contributed by atoms with Crippen LogP contribution in [0, 0.1) is 5.82 Å². The zero-order valence-corrected chi connectivity index (χ0v) is 15.7. The lowest BCUT2D eigenvalue weighted by atomic mass is 10.1. The van der Waals surface area contributed by atoms with Crippen molar-refractivity contribution in [2.45, 2.75) is 26.3 Å². The number of nitrogens with one attached hydrogen (secondary N) is 1. The number of amides is 2. The normalized spacial score (nSPS) is 10.3. The van der Waals surface area contributed by atoms with Crippen LogP contribution >= 0.6 is 0 Å².